The highest BCUT2D eigenvalue weighted by atomic mass is 19.1. The number of rotatable bonds is 3. The number of aromatic nitrogens is 4. The van der Waals surface area contributed by atoms with Crippen LogP contribution in [0.4, 0.5) is 10.1 Å². The van der Waals surface area contributed by atoms with Gasteiger partial charge in [0.15, 0.2) is 0 Å². The molecule has 0 bridgehead atoms. The number of benzene rings is 1. The van der Waals surface area contributed by atoms with Crippen LogP contribution in [-0.4, -0.2) is 19.6 Å². The third-order valence-corrected chi connectivity index (χ3v) is 3.86. The van der Waals surface area contributed by atoms with Crippen LogP contribution in [0.2, 0.25) is 0 Å². The second-order valence-electron chi connectivity index (χ2n) is 5.36. The van der Waals surface area contributed by atoms with E-state index >= 15 is 0 Å². The second kappa shape index (κ2) is 4.94. The van der Waals surface area contributed by atoms with Gasteiger partial charge in [-0.25, -0.2) is 9.37 Å². The van der Waals surface area contributed by atoms with Crippen molar-refractivity contribution in [2.75, 3.05) is 5.32 Å². The van der Waals surface area contributed by atoms with E-state index in [2.05, 4.69) is 20.4 Å². The van der Waals surface area contributed by atoms with E-state index in [0.717, 1.165) is 36.2 Å². The molecule has 1 aromatic carbocycles. The Morgan fingerprint density at radius 1 is 1.23 bits per heavy atom. The van der Waals surface area contributed by atoms with Crippen molar-refractivity contribution in [1.29, 1.82) is 0 Å². The molecule has 1 aliphatic rings. The molecule has 2 heterocycles. The van der Waals surface area contributed by atoms with Crippen molar-refractivity contribution < 1.29 is 4.39 Å². The fraction of sp³-hybridized carbons (Fsp3) is 0.267. The van der Waals surface area contributed by atoms with E-state index in [9.17, 15) is 9.18 Å². The molecule has 0 atom stereocenters. The summed E-state index contributed by atoms with van der Waals surface area (Å²) in [7, 11) is 0. The number of hydrogen-bond acceptors (Lipinski definition) is 4. The Bertz CT molecular complexity index is 897. The van der Waals surface area contributed by atoms with E-state index in [-0.39, 0.29) is 11.4 Å². The van der Waals surface area contributed by atoms with E-state index in [0.29, 0.717) is 18.1 Å². The van der Waals surface area contributed by atoms with Crippen LogP contribution in [0.25, 0.3) is 5.78 Å². The first-order chi connectivity index (χ1) is 10.7. The molecule has 0 saturated heterocycles. The van der Waals surface area contributed by atoms with Crippen LogP contribution >= 0.6 is 0 Å². The lowest BCUT2D eigenvalue weighted by Crippen LogP contribution is -2.20. The minimum absolute atomic E-state index is 0.0574. The van der Waals surface area contributed by atoms with E-state index < -0.39 is 0 Å². The van der Waals surface area contributed by atoms with Crippen LogP contribution in [0.15, 0.2) is 29.1 Å². The number of hydrogen-bond donors (Lipinski definition) is 2. The molecule has 22 heavy (non-hydrogen) atoms. The summed E-state index contributed by atoms with van der Waals surface area (Å²) in [5, 5.41) is 6.09. The SMILES string of the molecule is O=c1c2c(nc3nc(CNc4ccc(F)cc4)[nH]n13)CCC2. The molecule has 2 N–H and O–H groups in total. The maximum Gasteiger partial charge on any atom is 0.277 e. The number of aromatic amines is 1. The summed E-state index contributed by atoms with van der Waals surface area (Å²) in [6, 6.07) is 6.07. The Labute approximate surface area is 125 Å². The van der Waals surface area contributed by atoms with Crippen molar-refractivity contribution in [3.05, 3.63) is 57.5 Å². The lowest BCUT2D eigenvalue weighted by Gasteiger charge is -2.03. The summed E-state index contributed by atoms with van der Waals surface area (Å²) in [6.45, 7) is 0.402. The highest BCUT2D eigenvalue weighted by Gasteiger charge is 2.19. The van der Waals surface area contributed by atoms with Crippen LogP contribution in [0.3, 0.4) is 0 Å². The molecule has 112 valence electrons. The van der Waals surface area contributed by atoms with Crippen molar-refractivity contribution >= 4 is 11.5 Å². The normalized spacial score (nSPS) is 13.5. The summed E-state index contributed by atoms with van der Waals surface area (Å²) in [5.74, 6) is 0.735. The molecule has 2 aromatic heterocycles. The zero-order valence-electron chi connectivity index (χ0n) is 11.8. The van der Waals surface area contributed by atoms with Gasteiger partial charge in [-0.05, 0) is 43.5 Å². The number of nitrogens with zero attached hydrogens (tertiary/aromatic N) is 3. The first-order valence-corrected chi connectivity index (χ1v) is 7.19. The summed E-state index contributed by atoms with van der Waals surface area (Å²) >= 11 is 0. The number of H-pyrrole nitrogens is 1. The fourth-order valence-corrected chi connectivity index (χ4v) is 2.76. The van der Waals surface area contributed by atoms with Gasteiger partial charge in [0, 0.05) is 11.3 Å². The van der Waals surface area contributed by atoms with Gasteiger partial charge in [-0.1, -0.05) is 0 Å². The first kappa shape index (κ1) is 13.0. The predicted octanol–water partition coefficient (Wildman–Crippen LogP) is 1.66. The average molecular weight is 299 g/mol. The van der Waals surface area contributed by atoms with Gasteiger partial charge in [0.1, 0.15) is 11.6 Å². The topological polar surface area (TPSA) is 75.1 Å². The van der Waals surface area contributed by atoms with Gasteiger partial charge < -0.3 is 5.32 Å². The number of halogens is 1. The third kappa shape index (κ3) is 2.14. The molecule has 0 amide bonds. The first-order valence-electron chi connectivity index (χ1n) is 7.19. The van der Waals surface area contributed by atoms with Crippen LogP contribution in [0, 0.1) is 5.82 Å². The third-order valence-electron chi connectivity index (χ3n) is 3.86. The predicted molar refractivity (Wildman–Crippen MR) is 79.4 cm³/mol. The maximum atomic E-state index is 12.9. The highest BCUT2D eigenvalue weighted by molar-refractivity contribution is 5.43. The molecule has 6 nitrogen and oxygen atoms in total. The van der Waals surface area contributed by atoms with Crippen molar-refractivity contribution in [3.63, 3.8) is 0 Å². The minimum atomic E-state index is -0.278. The maximum absolute atomic E-state index is 12.9. The number of fused-ring (bicyclic) bond motifs is 2. The molecule has 7 heteroatoms. The average Bonchev–Trinajstić information content (AvgIpc) is 3.14. The number of aryl methyl sites for hydroxylation is 1. The van der Waals surface area contributed by atoms with Gasteiger partial charge >= 0.3 is 0 Å². The molecule has 1 aliphatic carbocycles. The monoisotopic (exact) mass is 299 g/mol. The van der Waals surface area contributed by atoms with Gasteiger partial charge in [-0.15, -0.1) is 0 Å². The molecular weight excluding hydrogens is 285 g/mol. The largest absolute Gasteiger partial charge is 0.378 e. The molecule has 0 saturated carbocycles. The summed E-state index contributed by atoms with van der Waals surface area (Å²) in [5.41, 5.74) is 2.39. The molecule has 4 rings (SSSR count). The van der Waals surface area contributed by atoms with Gasteiger partial charge in [0.25, 0.3) is 11.3 Å². The molecular formula is C15H14FN5O. The summed E-state index contributed by atoms with van der Waals surface area (Å²) in [4.78, 5) is 21.1. The van der Waals surface area contributed by atoms with Crippen molar-refractivity contribution in [2.24, 2.45) is 0 Å². The minimum Gasteiger partial charge on any atom is -0.378 e. The Hall–Kier alpha value is -2.70. The Kier molecular flexibility index (Phi) is 2.92. The number of nitrogens with one attached hydrogen (secondary N) is 2. The van der Waals surface area contributed by atoms with Gasteiger partial charge in [-0.2, -0.15) is 9.50 Å². The molecule has 0 unspecified atom stereocenters. The molecule has 0 fully saturated rings. The van der Waals surface area contributed by atoms with E-state index in [1.807, 2.05) is 0 Å². The van der Waals surface area contributed by atoms with Crippen molar-refractivity contribution in [2.45, 2.75) is 25.8 Å². The van der Waals surface area contributed by atoms with E-state index in [1.165, 1.54) is 16.6 Å². The van der Waals surface area contributed by atoms with Crippen LogP contribution in [-0.2, 0) is 19.4 Å². The zero-order chi connectivity index (χ0) is 15.1. The van der Waals surface area contributed by atoms with Crippen molar-refractivity contribution in [3.8, 4) is 0 Å². The van der Waals surface area contributed by atoms with Crippen molar-refractivity contribution in [1.82, 2.24) is 19.6 Å². The zero-order valence-corrected chi connectivity index (χ0v) is 11.8. The Balaban J connectivity index is 1.62. The molecule has 0 radical (unpaired) electrons. The van der Waals surface area contributed by atoms with E-state index in [1.54, 1.807) is 12.1 Å². The van der Waals surface area contributed by atoms with Crippen LogP contribution in [0.1, 0.15) is 23.5 Å². The van der Waals surface area contributed by atoms with Crippen LogP contribution in [0.5, 0.6) is 0 Å². The van der Waals surface area contributed by atoms with Crippen LogP contribution < -0.4 is 10.9 Å². The summed E-state index contributed by atoms with van der Waals surface area (Å²) < 4.78 is 14.3. The lowest BCUT2D eigenvalue weighted by atomic mass is 10.3. The summed E-state index contributed by atoms with van der Waals surface area (Å²) in [6.07, 6.45) is 2.60. The number of anilines is 1. The Morgan fingerprint density at radius 3 is 2.86 bits per heavy atom. The lowest BCUT2D eigenvalue weighted by molar-refractivity contribution is 0.628. The standard InChI is InChI=1S/C15H14FN5O/c16-9-4-6-10(7-5-9)17-8-13-19-15-18-12-3-1-2-11(12)14(22)21(15)20-13/h4-7,17H,1-3,8H2,(H,18,19,20). The second-order valence-corrected chi connectivity index (χ2v) is 5.36. The van der Waals surface area contributed by atoms with Gasteiger partial charge in [-0.3, -0.25) is 9.89 Å². The molecule has 3 aromatic rings. The fourth-order valence-electron chi connectivity index (χ4n) is 2.76. The quantitative estimate of drug-likeness (QED) is 0.771. The van der Waals surface area contributed by atoms with E-state index in [4.69, 9.17) is 0 Å². The molecule has 0 spiro atoms. The Morgan fingerprint density at radius 2 is 2.05 bits per heavy atom. The smallest absolute Gasteiger partial charge is 0.277 e. The van der Waals surface area contributed by atoms with Gasteiger partial charge in [0.2, 0.25) is 0 Å². The molecule has 0 aliphatic heterocycles. The van der Waals surface area contributed by atoms with Gasteiger partial charge in [0.05, 0.1) is 12.2 Å². The highest BCUT2D eigenvalue weighted by Crippen LogP contribution is 2.16.